The Hall–Kier alpha value is -2.79. The van der Waals surface area contributed by atoms with Crippen LogP contribution in [0.15, 0.2) is 54.0 Å². The molecule has 1 aromatic carbocycles. The van der Waals surface area contributed by atoms with Gasteiger partial charge in [0.1, 0.15) is 5.01 Å². The van der Waals surface area contributed by atoms with Crippen LogP contribution in [0.3, 0.4) is 0 Å². The van der Waals surface area contributed by atoms with Crippen molar-refractivity contribution in [2.45, 2.75) is 0 Å². The van der Waals surface area contributed by atoms with Gasteiger partial charge in [-0.3, -0.25) is 9.78 Å². The highest BCUT2D eigenvalue weighted by Crippen LogP contribution is 2.33. The predicted octanol–water partition coefficient (Wildman–Crippen LogP) is 3.70. The number of amides is 1. The van der Waals surface area contributed by atoms with Gasteiger partial charge in [0.2, 0.25) is 0 Å². The van der Waals surface area contributed by atoms with Crippen LogP contribution >= 0.6 is 11.3 Å². The Morgan fingerprint density at radius 2 is 1.95 bits per heavy atom. The van der Waals surface area contributed by atoms with Crippen molar-refractivity contribution >= 4 is 34.6 Å². The Kier molecular flexibility index (Phi) is 3.05. The van der Waals surface area contributed by atoms with Gasteiger partial charge in [0, 0.05) is 22.8 Å². The maximum absolute atomic E-state index is 12.1. The molecule has 0 radical (unpaired) electrons. The third-order valence-electron chi connectivity index (χ3n) is 3.41. The smallest absolute Gasteiger partial charge is 0.256 e. The number of carbonyl (C=O) groups excluding carboxylic acids is 1. The summed E-state index contributed by atoms with van der Waals surface area (Å²) >= 11 is 1.52. The molecule has 3 heterocycles. The fourth-order valence-corrected chi connectivity index (χ4v) is 3.14. The molecule has 0 bridgehead atoms. The van der Waals surface area contributed by atoms with Crippen molar-refractivity contribution < 1.29 is 4.79 Å². The summed E-state index contributed by atoms with van der Waals surface area (Å²) in [5.74, 6) is -0.0893. The maximum Gasteiger partial charge on any atom is 0.256 e. The van der Waals surface area contributed by atoms with Crippen LogP contribution in [-0.2, 0) is 4.79 Å². The summed E-state index contributed by atoms with van der Waals surface area (Å²) in [6, 6.07) is 13.4. The third kappa shape index (κ3) is 2.21. The summed E-state index contributed by atoms with van der Waals surface area (Å²) in [7, 11) is 0. The van der Waals surface area contributed by atoms with Crippen LogP contribution in [0.4, 0.5) is 5.69 Å². The number of nitrogens with zero attached hydrogens (tertiary/aromatic N) is 2. The molecule has 4 nitrogen and oxygen atoms in total. The number of anilines is 1. The van der Waals surface area contributed by atoms with Gasteiger partial charge >= 0.3 is 0 Å². The lowest BCUT2D eigenvalue weighted by Crippen LogP contribution is -2.03. The number of benzene rings is 1. The largest absolute Gasteiger partial charge is 0.321 e. The normalized spacial score (nSPS) is 14.9. The first-order chi connectivity index (χ1) is 10.8. The maximum atomic E-state index is 12.1. The van der Waals surface area contributed by atoms with E-state index in [1.165, 1.54) is 11.3 Å². The quantitative estimate of drug-likeness (QED) is 0.735. The number of nitrogens with one attached hydrogen (secondary N) is 1. The van der Waals surface area contributed by atoms with Gasteiger partial charge in [-0.1, -0.05) is 24.3 Å². The first-order valence-corrected chi connectivity index (χ1v) is 7.68. The summed E-state index contributed by atoms with van der Waals surface area (Å²) in [6.07, 6.45) is 3.57. The van der Waals surface area contributed by atoms with Crippen LogP contribution in [0, 0.1) is 0 Å². The first-order valence-electron chi connectivity index (χ1n) is 6.81. The van der Waals surface area contributed by atoms with Gasteiger partial charge in [-0.15, -0.1) is 11.3 Å². The van der Waals surface area contributed by atoms with Crippen LogP contribution in [-0.4, -0.2) is 15.9 Å². The van der Waals surface area contributed by atoms with Gasteiger partial charge < -0.3 is 5.32 Å². The zero-order valence-corrected chi connectivity index (χ0v) is 12.3. The molecular formula is C17H11N3OS. The summed E-state index contributed by atoms with van der Waals surface area (Å²) < 4.78 is 0. The van der Waals surface area contributed by atoms with Crippen LogP contribution in [0.5, 0.6) is 0 Å². The molecule has 0 aliphatic carbocycles. The van der Waals surface area contributed by atoms with Gasteiger partial charge in [0.15, 0.2) is 0 Å². The number of rotatable bonds is 2. The van der Waals surface area contributed by atoms with E-state index in [0.29, 0.717) is 5.57 Å². The molecule has 1 aliphatic rings. The Morgan fingerprint density at radius 1 is 1.09 bits per heavy atom. The first kappa shape index (κ1) is 12.9. The van der Waals surface area contributed by atoms with Crippen molar-refractivity contribution in [3.05, 3.63) is 65.3 Å². The average Bonchev–Trinajstić information content (AvgIpc) is 3.14. The van der Waals surface area contributed by atoms with E-state index in [1.807, 2.05) is 53.9 Å². The van der Waals surface area contributed by atoms with Crippen molar-refractivity contribution in [2.24, 2.45) is 0 Å². The molecule has 106 valence electrons. The Balaban J connectivity index is 1.72. The number of hydrogen-bond donors (Lipinski definition) is 1. The average molecular weight is 305 g/mol. The Bertz CT molecular complexity index is 884. The summed E-state index contributed by atoms with van der Waals surface area (Å²) in [6.45, 7) is 0. The standard InChI is InChI=1S/C17H11N3OS/c21-16-13(12-5-1-2-6-14(12)20-16)9-11-10-22-17(19-11)15-7-3-4-8-18-15/h1-10H,(H,20,21)/b13-9+. The van der Waals surface area contributed by atoms with E-state index >= 15 is 0 Å². The van der Waals surface area contributed by atoms with E-state index in [2.05, 4.69) is 15.3 Å². The minimum absolute atomic E-state index is 0.0893. The molecule has 0 atom stereocenters. The number of para-hydroxylation sites is 1. The number of carbonyl (C=O) groups is 1. The number of fused-ring (bicyclic) bond motifs is 1. The zero-order chi connectivity index (χ0) is 14.9. The monoisotopic (exact) mass is 305 g/mol. The second-order valence-corrected chi connectivity index (χ2v) is 5.71. The van der Waals surface area contributed by atoms with Crippen molar-refractivity contribution in [1.29, 1.82) is 0 Å². The fourth-order valence-electron chi connectivity index (χ4n) is 2.39. The van der Waals surface area contributed by atoms with E-state index in [0.717, 1.165) is 27.6 Å². The van der Waals surface area contributed by atoms with Gasteiger partial charge in [-0.05, 0) is 24.3 Å². The van der Waals surface area contributed by atoms with Gasteiger partial charge in [0.05, 0.1) is 17.0 Å². The van der Waals surface area contributed by atoms with Crippen molar-refractivity contribution in [1.82, 2.24) is 9.97 Å². The van der Waals surface area contributed by atoms with Gasteiger partial charge in [-0.2, -0.15) is 0 Å². The summed E-state index contributed by atoms with van der Waals surface area (Å²) in [5, 5.41) is 5.64. The molecule has 0 fully saturated rings. The predicted molar refractivity (Wildman–Crippen MR) is 88.3 cm³/mol. The molecule has 3 aromatic rings. The number of hydrogen-bond acceptors (Lipinski definition) is 4. The summed E-state index contributed by atoms with van der Waals surface area (Å²) in [4.78, 5) is 20.9. The zero-order valence-electron chi connectivity index (χ0n) is 11.5. The lowest BCUT2D eigenvalue weighted by atomic mass is 10.1. The van der Waals surface area contributed by atoms with E-state index in [1.54, 1.807) is 6.20 Å². The highest BCUT2D eigenvalue weighted by Gasteiger charge is 2.23. The minimum atomic E-state index is -0.0893. The van der Waals surface area contributed by atoms with Gasteiger partial charge in [0.25, 0.3) is 5.91 Å². The second kappa shape index (κ2) is 5.20. The topological polar surface area (TPSA) is 54.9 Å². The van der Waals surface area contributed by atoms with E-state index < -0.39 is 0 Å². The van der Waals surface area contributed by atoms with Crippen LogP contribution in [0.1, 0.15) is 11.3 Å². The molecule has 1 N–H and O–H groups in total. The van der Waals surface area contributed by atoms with Gasteiger partial charge in [-0.25, -0.2) is 4.98 Å². The van der Waals surface area contributed by atoms with E-state index in [-0.39, 0.29) is 5.91 Å². The molecule has 5 heteroatoms. The molecule has 2 aromatic heterocycles. The molecule has 0 unspecified atom stereocenters. The molecule has 0 saturated carbocycles. The molecular weight excluding hydrogens is 294 g/mol. The molecule has 22 heavy (non-hydrogen) atoms. The number of thiazole rings is 1. The van der Waals surface area contributed by atoms with Crippen LogP contribution in [0.25, 0.3) is 22.4 Å². The lowest BCUT2D eigenvalue weighted by molar-refractivity contribution is -0.110. The molecule has 1 amide bonds. The van der Waals surface area contributed by atoms with Crippen LogP contribution < -0.4 is 5.32 Å². The highest BCUT2D eigenvalue weighted by molar-refractivity contribution is 7.13. The fraction of sp³-hybridized carbons (Fsp3) is 0. The third-order valence-corrected chi connectivity index (χ3v) is 4.29. The number of pyridine rings is 1. The molecule has 1 aliphatic heterocycles. The van der Waals surface area contributed by atoms with E-state index in [4.69, 9.17) is 0 Å². The second-order valence-electron chi connectivity index (χ2n) is 4.85. The Morgan fingerprint density at radius 3 is 2.82 bits per heavy atom. The molecule has 0 spiro atoms. The van der Waals surface area contributed by atoms with Crippen molar-refractivity contribution in [3.63, 3.8) is 0 Å². The lowest BCUT2D eigenvalue weighted by Gasteiger charge is -1.96. The number of aromatic nitrogens is 2. The van der Waals surface area contributed by atoms with Crippen LogP contribution in [0.2, 0.25) is 0 Å². The summed E-state index contributed by atoms with van der Waals surface area (Å²) in [5.41, 5.74) is 4.02. The SMILES string of the molecule is O=C1Nc2ccccc2/C1=C\c1csc(-c2ccccn2)n1. The van der Waals surface area contributed by atoms with Crippen molar-refractivity contribution in [3.8, 4) is 10.7 Å². The van der Waals surface area contributed by atoms with Crippen molar-refractivity contribution in [2.75, 3.05) is 5.32 Å². The van der Waals surface area contributed by atoms with E-state index in [9.17, 15) is 4.79 Å². The minimum Gasteiger partial charge on any atom is -0.321 e. The molecule has 0 saturated heterocycles. The highest BCUT2D eigenvalue weighted by atomic mass is 32.1. The Labute approximate surface area is 131 Å². The molecule has 4 rings (SSSR count).